The summed E-state index contributed by atoms with van der Waals surface area (Å²) in [5.41, 5.74) is 1.48. The number of carbonyl (C=O) groups is 1. The molecular weight excluding hydrogens is 304 g/mol. The fourth-order valence-electron chi connectivity index (χ4n) is 2.19. The topological polar surface area (TPSA) is 44.8 Å². The highest BCUT2D eigenvalue weighted by Crippen LogP contribution is 2.27. The van der Waals surface area contributed by atoms with Crippen LogP contribution in [0.15, 0.2) is 48.5 Å². The smallest absolute Gasteiger partial charge is 0.185 e. The van der Waals surface area contributed by atoms with Crippen LogP contribution in [0.4, 0.5) is 0 Å². The molecule has 2 aromatic carbocycles. The van der Waals surface area contributed by atoms with Gasteiger partial charge in [0.1, 0.15) is 5.75 Å². The van der Waals surface area contributed by atoms with Gasteiger partial charge in [-0.25, -0.2) is 0 Å². The van der Waals surface area contributed by atoms with E-state index in [0.29, 0.717) is 17.1 Å². The molecule has 24 heavy (non-hydrogen) atoms. The van der Waals surface area contributed by atoms with Crippen molar-refractivity contribution in [3.63, 3.8) is 0 Å². The largest absolute Gasteiger partial charge is 0.493 e. The second kappa shape index (κ2) is 8.20. The van der Waals surface area contributed by atoms with Crippen LogP contribution in [0.1, 0.15) is 29.8 Å². The van der Waals surface area contributed by atoms with E-state index < -0.39 is 0 Å². The van der Waals surface area contributed by atoms with Crippen LogP contribution in [0.2, 0.25) is 0 Å². The summed E-state index contributed by atoms with van der Waals surface area (Å²) < 4.78 is 16.0. The van der Waals surface area contributed by atoms with Gasteiger partial charge in [0.05, 0.1) is 20.3 Å². The van der Waals surface area contributed by atoms with Gasteiger partial charge in [0.15, 0.2) is 17.3 Å². The first-order valence-corrected chi connectivity index (χ1v) is 7.74. The summed E-state index contributed by atoms with van der Waals surface area (Å²) in [6, 6.07) is 12.7. The van der Waals surface area contributed by atoms with Crippen molar-refractivity contribution in [2.75, 3.05) is 14.2 Å². The Morgan fingerprint density at radius 2 is 1.62 bits per heavy atom. The third kappa shape index (κ3) is 4.62. The highest BCUT2D eigenvalue weighted by Gasteiger charge is 2.08. The molecule has 0 aromatic heterocycles. The minimum absolute atomic E-state index is 0.0986. The quantitative estimate of drug-likeness (QED) is 0.559. The van der Waals surface area contributed by atoms with Gasteiger partial charge in [-0.15, -0.1) is 0 Å². The zero-order chi connectivity index (χ0) is 17.5. The van der Waals surface area contributed by atoms with E-state index in [-0.39, 0.29) is 11.9 Å². The Bertz CT molecular complexity index is 715. The predicted molar refractivity (Wildman–Crippen MR) is 95.1 cm³/mol. The van der Waals surface area contributed by atoms with Gasteiger partial charge in [-0.05, 0) is 55.8 Å². The lowest BCUT2D eigenvalue weighted by molar-refractivity contribution is 0.104. The van der Waals surface area contributed by atoms with Crippen LogP contribution in [0.5, 0.6) is 17.2 Å². The number of ether oxygens (including phenoxy) is 3. The van der Waals surface area contributed by atoms with Crippen molar-refractivity contribution in [2.45, 2.75) is 20.0 Å². The van der Waals surface area contributed by atoms with Crippen molar-refractivity contribution in [3.05, 3.63) is 59.7 Å². The van der Waals surface area contributed by atoms with E-state index in [2.05, 4.69) is 0 Å². The van der Waals surface area contributed by atoms with Crippen LogP contribution in [0.25, 0.3) is 6.08 Å². The lowest BCUT2D eigenvalue weighted by atomic mass is 10.1. The fraction of sp³-hybridized carbons (Fsp3) is 0.250. The van der Waals surface area contributed by atoms with E-state index in [4.69, 9.17) is 14.2 Å². The zero-order valence-electron chi connectivity index (χ0n) is 14.4. The van der Waals surface area contributed by atoms with Crippen molar-refractivity contribution in [3.8, 4) is 17.2 Å². The molecule has 4 heteroatoms. The first kappa shape index (κ1) is 17.6. The molecule has 2 aromatic rings. The molecule has 0 aliphatic carbocycles. The molecule has 0 heterocycles. The van der Waals surface area contributed by atoms with Crippen molar-refractivity contribution < 1.29 is 19.0 Å². The number of rotatable bonds is 7. The minimum atomic E-state index is -0.0986. The number of benzene rings is 2. The van der Waals surface area contributed by atoms with E-state index in [0.717, 1.165) is 11.3 Å². The van der Waals surface area contributed by atoms with Crippen molar-refractivity contribution in [1.29, 1.82) is 0 Å². The van der Waals surface area contributed by atoms with Crippen LogP contribution >= 0.6 is 0 Å². The number of methoxy groups -OCH3 is 2. The van der Waals surface area contributed by atoms with Crippen LogP contribution in [-0.2, 0) is 0 Å². The molecule has 2 rings (SSSR count). The lowest BCUT2D eigenvalue weighted by Crippen LogP contribution is -2.05. The average molecular weight is 326 g/mol. The Hall–Kier alpha value is -2.75. The van der Waals surface area contributed by atoms with E-state index >= 15 is 0 Å². The van der Waals surface area contributed by atoms with Crippen molar-refractivity contribution >= 4 is 11.9 Å². The fourth-order valence-corrected chi connectivity index (χ4v) is 2.19. The maximum Gasteiger partial charge on any atom is 0.185 e. The van der Waals surface area contributed by atoms with Gasteiger partial charge < -0.3 is 14.2 Å². The number of ketones is 1. The first-order valence-electron chi connectivity index (χ1n) is 7.74. The molecule has 0 spiro atoms. The lowest BCUT2D eigenvalue weighted by Gasteiger charge is -2.09. The Morgan fingerprint density at radius 3 is 2.21 bits per heavy atom. The Kier molecular flexibility index (Phi) is 6.01. The van der Waals surface area contributed by atoms with Crippen LogP contribution in [-0.4, -0.2) is 26.1 Å². The molecular formula is C20H22O4. The highest BCUT2D eigenvalue weighted by atomic mass is 16.5. The molecule has 0 unspecified atom stereocenters. The Morgan fingerprint density at radius 1 is 0.958 bits per heavy atom. The van der Waals surface area contributed by atoms with Gasteiger partial charge in [-0.2, -0.15) is 0 Å². The Balaban J connectivity index is 2.10. The van der Waals surface area contributed by atoms with E-state index in [1.165, 1.54) is 0 Å². The van der Waals surface area contributed by atoms with Crippen molar-refractivity contribution in [1.82, 2.24) is 0 Å². The maximum absolute atomic E-state index is 12.3. The summed E-state index contributed by atoms with van der Waals surface area (Å²) in [5.74, 6) is 1.84. The number of carbonyl (C=O) groups excluding carboxylic acids is 1. The molecule has 0 radical (unpaired) electrons. The normalized spacial score (nSPS) is 10.9. The number of hydrogen-bond acceptors (Lipinski definition) is 4. The molecule has 0 saturated heterocycles. The third-order valence-corrected chi connectivity index (χ3v) is 3.35. The molecule has 126 valence electrons. The predicted octanol–water partition coefficient (Wildman–Crippen LogP) is 4.39. The first-order chi connectivity index (χ1) is 11.5. The highest BCUT2D eigenvalue weighted by molar-refractivity contribution is 6.07. The summed E-state index contributed by atoms with van der Waals surface area (Å²) in [4.78, 5) is 12.3. The van der Waals surface area contributed by atoms with Crippen LogP contribution < -0.4 is 14.2 Å². The molecule has 0 aliphatic heterocycles. The van der Waals surface area contributed by atoms with Gasteiger partial charge in [-0.3, -0.25) is 4.79 Å². The Labute approximate surface area is 142 Å². The monoisotopic (exact) mass is 326 g/mol. The van der Waals surface area contributed by atoms with E-state index in [1.54, 1.807) is 44.6 Å². The molecule has 0 N–H and O–H groups in total. The average Bonchev–Trinajstić information content (AvgIpc) is 2.59. The van der Waals surface area contributed by atoms with Gasteiger partial charge in [0.25, 0.3) is 0 Å². The standard InChI is InChI=1S/C20H22O4/c1-14(2)24-17-9-5-15(6-10-17)7-11-18(21)16-8-12-19(22-3)20(13-16)23-4/h5-14H,1-4H3. The maximum atomic E-state index is 12.3. The molecule has 0 saturated carbocycles. The molecule has 0 amide bonds. The molecule has 0 fully saturated rings. The second-order valence-corrected chi connectivity index (χ2v) is 5.50. The zero-order valence-corrected chi connectivity index (χ0v) is 14.4. The molecule has 0 bridgehead atoms. The third-order valence-electron chi connectivity index (χ3n) is 3.35. The van der Waals surface area contributed by atoms with Crippen LogP contribution in [0.3, 0.4) is 0 Å². The molecule has 0 aliphatic rings. The van der Waals surface area contributed by atoms with Gasteiger partial charge in [0.2, 0.25) is 0 Å². The van der Waals surface area contributed by atoms with Gasteiger partial charge in [0, 0.05) is 5.56 Å². The summed E-state index contributed by atoms with van der Waals surface area (Å²) in [5, 5.41) is 0. The molecule has 0 atom stereocenters. The van der Waals surface area contributed by atoms with E-state index in [9.17, 15) is 4.79 Å². The number of hydrogen-bond donors (Lipinski definition) is 0. The van der Waals surface area contributed by atoms with Gasteiger partial charge >= 0.3 is 0 Å². The SMILES string of the molecule is COc1ccc(C(=O)C=Cc2ccc(OC(C)C)cc2)cc1OC. The van der Waals surface area contributed by atoms with E-state index in [1.807, 2.05) is 38.1 Å². The second-order valence-electron chi connectivity index (χ2n) is 5.50. The van der Waals surface area contributed by atoms with Gasteiger partial charge in [-0.1, -0.05) is 18.2 Å². The summed E-state index contributed by atoms with van der Waals surface area (Å²) in [7, 11) is 3.11. The minimum Gasteiger partial charge on any atom is -0.493 e. The van der Waals surface area contributed by atoms with Crippen LogP contribution in [0, 0.1) is 0 Å². The van der Waals surface area contributed by atoms with Crippen molar-refractivity contribution in [2.24, 2.45) is 0 Å². The number of allylic oxidation sites excluding steroid dienone is 1. The summed E-state index contributed by atoms with van der Waals surface area (Å²) in [6.07, 6.45) is 3.45. The summed E-state index contributed by atoms with van der Waals surface area (Å²) >= 11 is 0. The molecule has 4 nitrogen and oxygen atoms in total. The summed E-state index contributed by atoms with van der Waals surface area (Å²) in [6.45, 7) is 3.96.